The monoisotopic (exact) mass is 335 g/mol. The van der Waals surface area contributed by atoms with Crippen LogP contribution in [0.1, 0.15) is 16.1 Å². The molecule has 0 saturated carbocycles. The van der Waals surface area contributed by atoms with E-state index in [4.69, 9.17) is 4.74 Å². The number of aromatic nitrogens is 4. The molecule has 1 aromatic carbocycles. The molecule has 0 unspecified atom stereocenters. The SMILES string of the molecule is O=C(NC[C@@H]1COc2ccccc2C1)c1cccc(-n2cnnc2)n1. The topological polar surface area (TPSA) is 81.9 Å². The summed E-state index contributed by atoms with van der Waals surface area (Å²) in [5, 5.41) is 10.4. The Kier molecular flexibility index (Phi) is 4.12. The van der Waals surface area contributed by atoms with E-state index in [1.165, 1.54) is 5.56 Å². The number of rotatable bonds is 4. The number of para-hydroxylation sites is 1. The van der Waals surface area contributed by atoms with Gasteiger partial charge in [-0.1, -0.05) is 24.3 Å². The molecule has 1 aliphatic heterocycles. The van der Waals surface area contributed by atoms with Crippen molar-refractivity contribution < 1.29 is 9.53 Å². The van der Waals surface area contributed by atoms with Gasteiger partial charge in [0, 0.05) is 12.5 Å². The third kappa shape index (κ3) is 3.35. The summed E-state index contributed by atoms with van der Waals surface area (Å²) in [6.07, 6.45) is 3.98. The second-order valence-electron chi connectivity index (χ2n) is 5.95. The van der Waals surface area contributed by atoms with Crippen LogP contribution in [0, 0.1) is 5.92 Å². The first-order valence-electron chi connectivity index (χ1n) is 8.10. The van der Waals surface area contributed by atoms with Crippen molar-refractivity contribution in [2.24, 2.45) is 5.92 Å². The number of hydrogen-bond acceptors (Lipinski definition) is 5. The number of nitrogens with one attached hydrogen (secondary N) is 1. The van der Waals surface area contributed by atoms with E-state index >= 15 is 0 Å². The molecule has 25 heavy (non-hydrogen) atoms. The van der Waals surface area contributed by atoms with Crippen molar-refractivity contribution in [3.05, 3.63) is 66.4 Å². The molecule has 4 rings (SSSR count). The Balaban J connectivity index is 1.39. The van der Waals surface area contributed by atoms with E-state index in [9.17, 15) is 4.79 Å². The third-order valence-corrected chi connectivity index (χ3v) is 4.16. The minimum absolute atomic E-state index is 0.200. The van der Waals surface area contributed by atoms with Gasteiger partial charge in [-0.2, -0.15) is 0 Å². The normalized spacial score (nSPS) is 15.9. The van der Waals surface area contributed by atoms with Crippen molar-refractivity contribution in [2.45, 2.75) is 6.42 Å². The lowest BCUT2D eigenvalue weighted by molar-refractivity contribution is 0.0934. The quantitative estimate of drug-likeness (QED) is 0.784. The standard InChI is InChI=1S/C18H17N5O2/c24-18(15-5-3-7-17(22-15)23-11-20-21-12-23)19-9-13-8-14-4-1-2-6-16(14)25-10-13/h1-7,11-13H,8-10H2,(H,19,24)/t13-/m1/s1. The first-order valence-corrected chi connectivity index (χ1v) is 8.10. The maximum Gasteiger partial charge on any atom is 0.269 e. The van der Waals surface area contributed by atoms with Crippen LogP contribution in [0.3, 0.4) is 0 Å². The van der Waals surface area contributed by atoms with E-state index < -0.39 is 0 Å². The largest absolute Gasteiger partial charge is 0.493 e. The maximum atomic E-state index is 12.4. The van der Waals surface area contributed by atoms with Gasteiger partial charge >= 0.3 is 0 Å². The van der Waals surface area contributed by atoms with Crippen LogP contribution in [0.5, 0.6) is 5.75 Å². The second kappa shape index (κ2) is 6.72. The lowest BCUT2D eigenvalue weighted by atomic mass is 9.97. The van der Waals surface area contributed by atoms with Crippen molar-refractivity contribution in [3.63, 3.8) is 0 Å². The minimum atomic E-state index is -0.200. The van der Waals surface area contributed by atoms with E-state index in [0.29, 0.717) is 24.7 Å². The molecule has 7 heteroatoms. The van der Waals surface area contributed by atoms with Gasteiger partial charge in [0.15, 0.2) is 0 Å². The number of carbonyl (C=O) groups excluding carboxylic acids is 1. The molecule has 3 aromatic rings. The number of nitrogens with zero attached hydrogens (tertiary/aromatic N) is 4. The van der Waals surface area contributed by atoms with Gasteiger partial charge in [-0.25, -0.2) is 4.98 Å². The van der Waals surface area contributed by atoms with Crippen LogP contribution < -0.4 is 10.1 Å². The Morgan fingerprint density at radius 1 is 1.16 bits per heavy atom. The smallest absolute Gasteiger partial charge is 0.269 e. The van der Waals surface area contributed by atoms with Gasteiger partial charge < -0.3 is 10.1 Å². The molecule has 126 valence electrons. The van der Waals surface area contributed by atoms with Crippen LogP contribution >= 0.6 is 0 Å². The van der Waals surface area contributed by atoms with Crippen molar-refractivity contribution >= 4 is 5.91 Å². The molecule has 1 N–H and O–H groups in total. The van der Waals surface area contributed by atoms with E-state index in [1.54, 1.807) is 35.4 Å². The molecule has 0 fully saturated rings. The van der Waals surface area contributed by atoms with E-state index in [0.717, 1.165) is 12.2 Å². The highest BCUT2D eigenvalue weighted by molar-refractivity contribution is 5.92. The van der Waals surface area contributed by atoms with Gasteiger partial charge in [-0.15, -0.1) is 10.2 Å². The van der Waals surface area contributed by atoms with Crippen molar-refractivity contribution in [1.82, 2.24) is 25.1 Å². The summed E-state index contributed by atoms with van der Waals surface area (Å²) < 4.78 is 7.41. The van der Waals surface area contributed by atoms with E-state index in [1.807, 2.05) is 18.2 Å². The molecule has 0 radical (unpaired) electrons. The molecule has 0 bridgehead atoms. The zero-order valence-corrected chi connectivity index (χ0v) is 13.5. The Hall–Kier alpha value is -3.22. The summed E-state index contributed by atoms with van der Waals surface area (Å²) in [6.45, 7) is 1.15. The van der Waals surface area contributed by atoms with E-state index in [-0.39, 0.29) is 11.8 Å². The first kappa shape index (κ1) is 15.3. The molecule has 1 aliphatic rings. The molecule has 0 aliphatic carbocycles. The number of ether oxygens (including phenoxy) is 1. The summed E-state index contributed by atoms with van der Waals surface area (Å²) in [7, 11) is 0. The van der Waals surface area contributed by atoms with Crippen LogP contribution in [-0.4, -0.2) is 38.8 Å². The number of pyridine rings is 1. The lowest BCUT2D eigenvalue weighted by Gasteiger charge is -2.25. The molecular formula is C18H17N5O2. The van der Waals surface area contributed by atoms with Crippen LogP contribution in [0.4, 0.5) is 0 Å². The Morgan fingerprint density at radius 2 is 2.00 bits per heavy atom. The predicted molar refractivity (Wildman–Crippen MR) is 90.6 cm³/mol. The van der Waals surface area contributed by atoms with Crippen molar-refractivity contribution in [3.8, 4) is 11.6 Å². The Labute approximate surface area is 144 Å². The second-order valence-corrected chi connectivity index (χ2v) is 5.95. The minimum Gasteiger partial charge on any atom is -0.493 e. The van der Waals surface area contributed by atoms with Gasteiger partial charge in [0.05, 0.1) is 6.61 Å². The van der Waals surface area contributed by atoms with Gasteiger partial charge in [0.2, 0.25) is 0 Å². The van der Waals surface area contributed by atoms with Crippen LogP contribution in [0.15, 0.2) is 55.1 Å². The molecule has 2 aromatic heterocycles. The molecule has 0 saturated heterocycles. The molecule has 3 heterocycles. The third-order valence-electron chi connectivity index (χ3n) is 4.16. The van der Waals surface area contributed by atoms with Crippen LogP contribution in [0.25, 0.3) is 5.82 Å². The first-order chi connectivity index (χ1) is 12.3. The average molecular weight is 335 g/mol. The fourth-order valence-electron chi connectivity index (χ4n) is 2.86. The number of benzene rings is 1. The highest BCUT2D eigenvalue weighted by Gasteiger charge is 2.20. The average Bonchev–Trinajstić information content (AvgIpc) is 3.21. The fraction of sp³-hybridized carbons (Fsp3) is 0.222. The Morgan fingerprint density at radius 3 is 2.88 bits per heavy atom. The molecule has 7 nitrogen and oxygen atoms in total. The zero-order chi connectivity index (χ0) is 17.1. The lowest BCUT2D eigenvalue weighted by Crippen LogP contribution is -2.35. The predicted octanol–water partition coefficient (Wildman–Crippen LogP) is 1.64. The van der Waals surface area contributed by atoms with Gasteiger partial charge in [-0.05, 0) is 30.2 Å². The summed E-state index contributed by atoms with van der Waals surface area (Å²) in [5.41, 5.74) is 1.55. The van der Waals surface area contributed by atoms with Crippen LogP contribution in [0.2, 0.25) is 0 Å². The summed E-state index contributed by atoms with van der Waals surface area (Å²) >= 11 is 0. The highest BCUT2D eigenvalue weighted by atomic mass is 16.5. The summed E-state index contributed by atoms with van der Waals surface area (Å²) in [4.78, 5) is 16.8. The van der Waals surface area contributed by atoms with E-state index in [2.05, 4.69) is 26.6 Å². The molecule has 1 atom stereocenters. The van der Waals surface area contributed by atoms with Crippen molar-refractivity contribution in [2.75, 3.05) is 13.2 Å². The summed E-state index contributed by atoms with van der Waals surface area (Å²) in [6, 6.07) is 13.3. The van der Waals surface area contributed by atoms with Gasteiger partial charge in [0.1, 0.15) is 29.9 Å². The zero-order valence-electron chi connectivity index (χ0n) is 13.5. The summed E-state index contributed by atoms with van der Waals surface area (Å²) in [5.74, 6) is 1.59. The number of fused-ring (bicyclic) bond motifs is 1. The highest BCUT2D eigenvalue weighted by Crippen LogP contribution is 2.26. The Bertz CT molecular complexity index is 879. The molecule has 1 amide bonds. The van der Waals surface area contributed by atoms with Crippen molar-refractivity contribution in [1.29, 1.82) is 0 Å². The molecule has 0 spiro atoms. The van der Waals surface area contributed by atoms with Gasteiger partial charge in [-0.3, -0.25) is 9.36 Å². The number of carbonyl (C=O) groups is 1. The van der Waals surface area contributed by atoms with Crippen LogP contribution in [-0.2, 0) is 6.42 Å². The maximum absolute atomic E-state index is 12.4. The number of hydrogen-bond donors (Lipinski definition) is 1. The van der Waals surface area contributed by atoms with Gasteiger partial charge in [0.25, 0.3) is 5.91 Å². The fourth-order valence-corrected chi connectivity index (χ4v) is 2.86. The molecular weight excluding hydrogens is 318 g/mol. The number of amides is 1.